The first kappa shape index (κ1) is 12.2. The second-order valence-corrected chi connectivity index (χ2v) is 5.31. The van der Waals surface area contributed by atoms with Gasteiger partial charge in [0.15, 0.2) is 0 Å². The lowest BCUT2D eigenvalue weighted by molar-refractivity contribution is 0.223. The molecule has 0 unspecified atom stereocenters. The van der Waals surface area contributed by atoms with E-state index in [1.165, 1.54) is 10.5 Å². The molecule has 7 nitrogen and oxygen atoms in total. The van der Waals surface area contributed by atoms with Crippen molar-refractivity contribution in [3.8, 4) is 0 Å². The van der Waals surface area contributed by atoms with Crippen LogP contribution in [-0.2, 0) is 6.54 Å². The summed E-state index contributed by atoms with van der Waals surface area (Å²) in [5, 5.41) is 4.60. The van der Waals surface area contributed by atoms with Gasteiger partial charge in [-0.15, -0.1) is 0 Å². The quantitative estimate of drug-likeness (QED) is 0.658. The third-order valence-electron chi connectivity index (χ3n) is 4.03. The lowest BCUT2D eigenvalue weighted by Crippen LogP contribution is -2.37. The zero-order valence-electron chi connectivity index (χ0n) is 11.5. The Morgan fingerprint density at radius 3 is 3.14 bits per heavy atom. The Balaban J connectivity index is 1.87. The van der Waals surface area contributed by atoms with Crippen molar-refractivity contribution in [1.82, 2.24) is 25.5 Å². The van der Waals surface area contributed by atoms with Crippen LogP contribution in [0.3, 0.4) is 0 Å². The first-order valence-corrected chi connectivity index (χ1v) is 6.97. The van der Waals surface area contributed by atoms with Crippen molar-refractivity contribution in [2.24, 2.45) is 5.73 Å². The molecule has 3 aliphatic heterocycles. The molecule has 1 aromatic rings. The summed E-state index contributed by atoms with van der Waals surface area (Å²) in [4.78, 5) is 12.9. The Hall–Kier alpha value is -2.54. The number of amides is 2. The largest absolute Gasteiger partial charge is 0.351 e. The number of aromatic nitrogens is 2. The van der Waals surface area contributed by atoms with Crippen LogP contribution in [0.2, 0.25) is 0 Å². The number of hydrazine groups is 1. The predicted molar refractivity (Wildman–Crippen MR) is 79.0 cm³/mol. The van der Waals surface area contributed by atoms with E-state index in [1.807, 2.05) is 17.0 Å². The lowest BCUT2D eigenvalue weighted by atomic mass is 10.00. The maximum absolute atomic E-state index is 11.4. The minimum absolute atomic E-state index is 0.447. The number of nitrogens with zero attached hydrogens (tertiary/aromatic N) is 3. The molecule has 0 aromatic carbocycles. The third kappa shape index (κ3) is 1.85. The number of hydrogen-bond acceptors (Lipinski definition) is 4. The molecule has 1 aromatic heterocycles. The summed E-state index contributed by atoms with van der Waals surface area (Å²) in [6.07, 6.45) is 9.53. The minimum Gasteiger partial charge on any atom is -0.351 e. The Morgan fingerprint density at radius 1 is 1.38 bits per heavy atom. The molecule has 108 valence electrons. The van der Waals surface area contributed by atoms with E-state index in [4.69, 9.17) is 5.73 Å². The highest BCUT2D eigenvalue weighted by molar-refractivity contribution is 5.78. The monoisotopic (exact) mass is 284 g/mol. The van der Waals surface area contributed by atoms with Crippen molar-refractivity contribution in [1.29, 1.82) is 0 Å². The number of nitrogens with two attached hydrogens (primary N) is 1. The van der Waals surface area contributed by atoms with E-state index in [1.54, 1.807) is 6.20 Å². The molecule has 0 aliphatic carbocycles. The fraction of sp³-hybridized carbons (Fsp3) is 0.286. The molecule has 4 rings (SSSR count). The second-order valence-electron chi connectivity index (χ2n) is 5.31. The summed E-state index contributed by atoms with van der Waals surface area (Å²) in [5.41, 5.74) is 17.2. The van der Waals surface area contributed by atoms with Gasteiger partial charge >= 0.3 is 6.03 Å². The topological polar surface area (TPSA) is 88.2 Å². The fourth-order valence-electron chi connectivity index (χ4n) is 2.99. The molecular formula is C14H16N6O. The van der Waals surface area contributed by atoms with Crippen LogP contribution < -0.4 is 16.6 Å². The fourth-order valence-corrected chi connectivity index (χ4v) is 2.99. The standard InChI is InChI=1S/C14H16N6O/c15-14(21)19-7-4-11-10(8-19)13-12-9(3-5-16-17-12)2-1-6-20(13)18-11/h1,4,6-7,16-17H,2-3,5,8H2,(H2,15,21). The van der Waals surface area contributed by atoms with Crippen LogP contribution in [0.4, 0.5) is 4.79 Å². The summed E-state index contributed by atoms with van der Waals surface area (Å²) in [6.45, 7) is 1.36. The van der Waals surface area contributed by atoms with Crippen molar-refractivity contribution in [3.63, 3.8) is 0 Å². The number of carbonyl (C=O) groups excluding carboxylic acids is 1. The van der Waals surface area contributed by atoms with Crippen molar-refractivity contribution in [2.45, 2.75) is 19.4 Å². The SMILES string of the molecule is NC(=O)N1C=Cc2nn3c(c2C1)C1=C(CC=C3)CCNN1. The van der Waals surface area contributed by atoms with Crippen LogP contribution in [0.5, 0.6) is 0 Å². The van der Waals surface area contributed by atoms with Crippen molar-refractivity contribution < 1.29 is 4.79 Å². The average molecular weight is 284 g/mol. The number of carbonyl (C=O) groups is 1. The summed E-state index contributed by atoms with van der Waals surface area (Å²) in [5.74, 6) is 0. The average Bonchev–Trinajstić information content (AvgIpc) is 2.74. The van der Waals surface area contributed by atoms with E-state index in [-0.39, 0.29) is 0 Å². The van der Waals surface area contributed by atoms with E-state index in [0.29, 0.717) is 6.54 Å². The molecule has 0 saturated carbocycles. The first-order chi connectivity index (χ1) is 10.2. The highest BCUT2D eigenvalue weighted by atomic mass is 16.2. The molecule has 0 fully saturated rings. The number of urea groups is 1. The zero-order chi connectivity index (χ0) is 14.4. The van der Waals surface area contributed by atoms with Crippen LogP contribution in [0.15, 0.2) is 17.8 Å². The molecule has 21 heavy (non-hydrogen) atoms. The Bertz CT molecular complexity index is 711. The van der Waals surface area contributed by atoms with Crippen LogP contribution >= 0.6 is 0 Å². The van der Waals surface area contributed by atoms with E-state index in [2.05, 4.69) is 22.0 Å². The number of rotatable bonds is 0. The van der Waals surface area contributed by atoms with Gasteiger partial charge in [0.2, 0.25) is 0 Å². The second kappa shape index (κ2) is 4.49. The number of primary amides is 1. The van der Waals surface area contributed by atoms with Gasteiger partial charge in [-0.2, -0.15) is 5.10 Å². The van der Waals surface area contributed by atoms with Crippen molar-refractivity contribution >= 4 is 24.0 Å². The summed E-state index contributed by atoms with van der Waals surface area (Å²) in [7, 11) is 0. The van der Waals surface area contributed by atoms with Crippen LogP contribution in [0.1, 0.15) is 29.8 Å². The highest BCUT2D eigenvalue weighted by Gasteiger charge is 2.27. The summed E-state index contributed by atoms with van der Waals surface area (Å²) in [6, 6.07) is -0.454. The molecule has 4 heterocycles. The molecule has 0 spiro atoms. The number of allylic oxidation sites excluding steroid dienone is 1. The van der Waals surface area contributed by atoms with E-state index in [9.17, 15) is 4.79 Å². The molecule has 3 aliphatic rings. The van der Waals surface area contributed by atoms with E-state index in [0.717, 1.165) is 42.0 Å². The molecule has 7 heteroatoms. The number of nitrogens with one attached hydrogen (secondary N) is 2. The van der Waals surface area contributed by atoms with Gasteiger partial charge < -0.3 is 11.2 Å². The van der Waals surface area contributed by atoms with Gasteiger partial charge in [-0.25, -0.2) is 14.9 Å². The Morgan fingerprint density at radius 2 is 2.29 bits per heavy atom. The summed E-state index contributed by atoms with van der Waals surface area (Å²) < 4.78 is 1.88. The van der Waals surface area contributed by atoms with E-state index < -0.39 is 6.03 Å². The normalized spacial score (nSPS) is 19.5. The van der Waals surface area contributed by atoms with Crippen molar-refractivity contribution in [3.05, 3.63) is 34.8 Å². The number of fused-ring (bicyclic) bond motifs is 4. The maximum Gasteiger partial charge on any atom is 0.319 e. The van der Waals surface area contributed by atoms with Crippen LogP contribution in [-0.4, -0.2) is 27.3 Å². The molecule has 2 amide bonds. The maximum atomic E-state index is 11.4. The van der Waals surface area contributed by atoms with Gasteiger partial charge in [0.25, 0.3) is 0 Å². The molecule has 4 N–H and O–H groups in total. The van der Waals surface area contributed by atoms with Gasteiger partial charge in [0.1, 0.15) is 0 Å². The van der Waals surface area contributed by atoms with E-state index >= 15 is 0 Å². The van der Waals surface area contributed by atoms with Gasteiger partial charge in [-0.3, -0.25) is 4.90 Å². The van der Waals surface area contributed by atoms with Gasteiger partial charge in [-0.1, -0.05) is 6.08 Å². The number of hydrogen-bond donors (Lipinski definition) is 3. The third-order valence-corrected chi connectivity index (χ3v) is 4.03. The van der Waals surface area contributed by atoms with Gasteiger partial charge in [0.05, 0.1) is 23.6 Å². The van der Waals surface area contributed by atoms with Crippen molar-refractivity contribution in [2.75, 3.05) is 6.54 Å². The first-order valence-electron chi connectivity index (χ1n) is 6.97. The molecule has 0 atom stereocenters. The summed E-state index contributed by atoms with van der Waals surface area (Å²) >= 11 is 0. The van der Waals surface area contributed by atoms with Gasteiger partial charge in [0, 0.05) is 24.5 Å². The van der Waals surface area contributed by atoms with Crippen LogP contribution in [0, 0.1) is 0 Å². The predicted octanol–water partition coefficient (Wildman–Crippen LogP) is 0.831. The minimum atomic E-state index is -0.454. The molecule has 0 bridgehead atoms. The van der Waals surface area contributed by atoms with Crippen LogP contribution in [0.25, 0.3) is 18.0 Å². The van der Waals surface area contributed by atoms with Gasteiger partial charge in [-0.05, 0) is 24.5 Å². The highest BCUT2D eigenvalue weighted by Crippen LogP contribution is 2.32. The molecule has 0 saturated heterocycles. The zero-order valence-corrected chi connectivity index (χ0v) is 11.5. The molecular weight excluding hydrogens is 268 g/mol. The lowest BCUT2D eigenvalue weighted by Gasteiger charge is -2.24. The smallest absolute Gasteiger partial charge is 0.319 e. The molecule has 0 radical (unpaired) electrons. The Kier molecular flexibility index (Phi) is 2.61. The Labute approximate surface area is 121 Å².